The molecule has 0 aliphatic rings. The van der Waals surface area contributed by atoms with Crippen molar-refractivity contribution < 1.29 is 4.79 Å². The summed E-state index contributed by atoms with van der Waals surface area (Å²) in [5, 5.41) is 2.70. The molecule has 4 nitrogen and oxygen atoms in total. The molecule has 0 aliphatic heterocycles. The average molecular weight is 269 g/mol. The molecule has 104 valence electrons. The lowest BCUT2D eigenvalue weighted by molar-refractivity contribution is -0.123. The van der Waals surface area contributed by atoms with Gasteiger partial charge in [-0.15, -0.1) is 0 Å². The van der Waals surface area contributed by atoms with E-state index >= 15 is 0 Å². The van der Waals surface area contributed by atoms with Crippen molar-refractivity contribution in [3.8, 4) is 11.4 Å². The van der Waals surface area contributed by atoms with Crippen molar-refractivity contribution in [1.29, 1.82) is 0 Å². The first-order valence-electron chi connectivity index (χ1n) is 6.68. The second-order valence-electron chi connectivity index (χ2n) is 4.53. The van der Waals surface area contributed by atoms with E-state index in [1.807, 2.05) is 42.0 Å². The minimum Gasteiger partial charge on any atom is -0.357 e. The average Bonchev–Trinajstić information content (AvgIpc) is 2.97. The van der Waals surface area contributed by atoms with E-state index in [9.17, 15) is 4.79 Å². The van der Waals surface area contributed by atoms with Crippen molar-refractivity contribution in [1.82, 2.24) is 14.9 Å². The molecule has 0 unspecified atom stereocenters. The number of rotatable bonds is 5. The molecule has 20 heavy (non-hydrogen) atoms. The number of nitrogens with one attached hydrogen (secondary N) is 1. The molecule has 4 heteroatoms. The molecule has 1 atom stereocenters. The number of hydrogen-bond donors (Lipinski definition) is 1. The summed E-state index contributed by atoms with van der Waals surface area (Å²) in [4.78, 5) is 16.4. The van der Waals surface area contributed by atoms with Crippen LogP contribution >= 0.6 is 0 Å². The number of imidazole rings is 1. The van der Waals surface area contributed by atoms with Gasteiger partial charge in [-0.05, 0) is 18.1 Å². The zero-order chi connectivity index (χ0) is 14.5. The van der Waals surface area contributed by atoms with E-state index < -0.39 is 0 Å². The highest BCUT2D eigenvalue weighted by molar-refractivity contribution is 5.80. The smallest absolute Gasteiger partial charge is 0.242 e. The lowest BCUT2D eigenvalue weighted by atomic mass is 10.1. The van der Waals surface area contributed by atoms with E-state index in [1.165, 1.54) is 0 Å². The fraction of sp³-hybridized carbons (Fsp3) is 0.250. The summed E-state index contributed by atoms with van der Waals surface area (Å²) in [5.74, 6) is 0.788. The maximum absolute atomic E-state index is 12.0. The second-order valence-corrected chi connectivity index (χ2v) is 4.53. The van der Waals surface area contributed by atoms with Crippen LogP contribution < -0.4 is 5.32 Å². The first-order valence-corrected chi connectivity index (χ1v) is 6.68. The van der Waals surface area contributed by atoms with Crippen LogP contribution in [0.2, 0.25) is 0 Å². The first-order chi connectivity index (χ1) is 9.71. The van der Waals surface area contributed by atoms with Crippen LogP contribution in [0.25, 0.3) is 17.5 Å². The molecule has 0 fully saturated rings. The Kier molecular flexibility index (Phi) is 4.35. The molecule has 1 N–H and O–H groups in total. The van der Waals surface area contributed by atoms with Gasteiger partial charge in [0.1, 0.15) is 11.9 Å². The van der Waals surface area contributed by atoms with E-state index in [0.29, 0.717) is 6.42 Å². The van der Waals surface area contributed by atoms with Crippen molar-refractivity contribution in [2.24, 2.45) is 0 Å². The highest BCUT2D eigenvalue weighted by Crippen LogP contribution is 2.24. The van der Waals surface area contributed by atoms with Crippen LogP contribution in [-0.2, 0) is 4.79 Å². The van der Waals surface area contributed by atoms with Crippen LogP contribution in [-0.4, -0.2) is 22.5 Å². The minimum atomic E-state index is -0.245. The number of nitrogens with zero attached hydrogens (tertiary/aromatic N) is 2. The quantitative estimate of drug-likeness (QED) is 0.907. The minimum absolute atomic E-state index is 0.00775. The van der Waals surface area contributed by atoms with E-state index in [4.69, 9.17) is 0 Å². The number of hydrogen-bond acceptors (Lipinski definition) is 2. The maximum Gasteiger partial charge on any atom is 0.242 e. The standard InChI is InChI=1S/C16H19N3O/c1-4-12-7-6-8-13(11-12)15-18-9-10-19(15)14(5-2)16(20)17-3/h4,6-11,14H,1,5H2,2-3H3,(H,17,20)/t14-/m0/s1. The van der Waals surface area contributed by atoms with E-state index in [0.717, 1.165) is 17.0 Å². The molecule has 0 aliphatic carbocycles. The van der Waals surface area contributed by atoms with Gasteiger partial charge in [0, 0.05) is 25.0 Å². The van der Waals surface area contributed by atoms with E-state index in [-0.39, 0.29) is 11.9 Å². The third-order valence-electron chi connectivity index (χ3n) is 3.32. The summed E-state index contributed by atoms with van der Waals surface area (Å²) in [6, 6.07) is 7.71. The van der Waals surface area contributed by atoms with E-state index in [1.54, 1.807) is 19.3 Å². The maximum atomic E-state index is 12.0. The second kappa shape index (κ2) is 6.19. The van der Waals surface area contributed by atoms with Gasteiger partial charge in [-0.3, -0.25) is 4.79 Å². The largest absolute Gasteiger partial charge is 0.357 e. The third kappa shape index (κ3) is 2.64. The van der Waals surface area contributed by atoms with Crippen LogP contribution in [0.5, 0.6) is 0 Å². The summed E-state index contributed by atoms with van der Waals surface area (Å²) in [5.41, 5.74) is 2.01. The Morgan fingerprint density at radius 2 is 2.35 bits per heavy atom. The predicted molar refractivity (Wildman–Crippen MR) is 81.1 cm³/mol. The van der Waals surface area contributed by atoms with Crippen LogP contribution in [0, 0.1) is 0 Å². The molecule has 0 spiro atoms. The van der Waals surface area contributed by atoms with Gasteiger partial charge >= 0.3 is 0 Å². The Hall–Kier alpha value is -2.36. The normalized spacial score (nSPS) is 11.9. The van der Waals surface area contributed by atoms with Gasteiger partial charge in [0.25, 0.3) is 0 Å². The van der Waals surface area contributed by atoms with Crippen LogP contribution in [0.4, 0.5) is 0 Å². The first kappa shape index (κ1) is 14.1. The number of carbonyl (C=O) groups is 1. The number of likely N-dealkylation sites (N-methyl/N-ethyl adjacent to an activating group) is 1. The molecule has 2 rings (SSSR count). The molecule has 0 saturated heterocycles. The molecule has 2 aromatic rings. The Morgan fingerprint density at radius 1 is 1.55 bits per heavy atom. The number of aromatic nitrogens is 2. The van der Waals surface area contributed by atoms with Crippen molar-refractivity contribution in [2.45, 2.75) is 19.4 Å². The third-order valence-corrected chi connectivity index (χ3v) is 3.32. The monoisotopic (exact) mass is 269 g/mol. The Morgan fingerprint density at radius 3 is 3.00 bits per heavy atom. The van der Waals surface area contributed by atoms with E-state index in [2.05, 4.69) is 16.9 Å². The molecule has 1 aromatic heterocycles. The summed E-state index contributed by atoms with van der Waals surface area (Å²) in [6.07, 6.45) is 6.08. The van der Waals surface area contributed by atoms with Crippen molar-refractivity contribution in [2.75, 3.05) is 7.05 Å². The van der Waals surface area contributed by atoms with Crippen molar-refractivity contribution in [3.05, 3.63) is 48.8 Å². The van der Waals surface area contributed by atoms with Gasteiger partial charge in [-0.2, -0.15) is 0 Å². The van der Waals surface area contributed by atoms with Gasteiger partial charge in [0.15, 0.2) is 0 Å². The van der Waals surface area contributed by atoms with Crippen LogP contribution in [0.3, 0.4) is 0 Å². The topological polar surface area (TPSA) is 46.9 Å². The van der Waals surface area contributed by atoms with Crippen LogP contribution in [0.15, 0.2) is 43.2 Å². The zero-order valence-electron chi connectivity index (χ0n) is 11.8. The molecule has 1 aromatic carbocycles. The molecule has 1 heterocycles. The highest BCUT2D eigenvalue weighted by Gasteiger charge is 2.20. The van der Waals surface area contributed by atoms with Gasteiger partial charge in [0.05, 0.1) is 0 Å². The van der Waals surface area contributed by atoms with Crippen LogP contribution in [0.1, 0.15) is 24.9 Å². The summed E-state index contributed by atoms with van der Waals surface area (Å²) < 4.78 is 1.92. The lowest BCUT2D eigenvalue weighted by Crippen LogP contribution is -2.29. The van der Waals surface area contributed by atoms with Crippen molar-refractivity contribution in [3.63, 3.8) is 0 Å². The number of amides is 1. The molecular formula is C16H19N3O. The fourth-order valence-corrected chi connectivity index (χ4v) is 2.27. The summed E-state index contributed by atoms with van der Waals surface area (Å²) in [6.45, 7) is 5.77. The Balaban J connectivity index is 2.46. The van der Waals surface area contributed by atoms with Gasteiger partial charge < -0.3 is 9.88 Å². The summed E-state index contributed by atoms with van der Waals surface area (Å²) in [7, 11) is 1.65. The fourth-order valence-electron chi connectivity index (χ4n) is 2.27. The zero-order valence-corrected chi connectivity index (χ0v) is 11.8. The van der Waals surface area contributed by atoms with Gasteiger partial charge in [-0.1, -0.05) is 37.8 Å². The lowest BCUT2D eigenvalue weighted by Gasteiger charge is -2.18. The summed E-state index contributed by atoms with van der Waals surface area (Å²) >= 11 is 0. The molecule has 0 saturated carbocycles. The molecular weight excluding hydrogens is 250 g/mol. The van der Waals surface area contributed by atoms with Gasteiger partial charge in [-0.25, -0.2) is 4.98 Å². The SMILES string of the molecule is C=Cc1cccc(-c2nccn2[C@@H](CC)C(=O)NC)c1. The number of benzene rings is 1. The Bertz CT molecular complexity index is 616. The highest BCUT2D eigenvalue weighted by atomic mass is 16.2. The molecule has 0 radical (unpaired) electrons. The van der Waals surface area contributed by atoms with Crippen molar-refractivity contribution >= 4 is 12.0 Å². The molecule has 1 amide bonds. The van der Waals surface area contributed by atoms with Gasteiger partial charge in [0.2, 0.25) is 5.91 Å². The number of carbonyl (C=O) groups excluding carboxylic acids is 1. The Labute approximate surface area is 119 Å². The molecule has 0 bridgehead atoms. The predicted octanol–water partition coefficient (Wildman–Crippen LogP) is 2.89.